The number of ether oxygens (including phenoxy) is 3. The average Bonchev–Trinajstić information content (AvgIpc) is 2.46. The standard InChI is InChI=1S/C16H28O6/c1-4-20-14(17)11-7-9-13(16(19)22-6-3)10-8-12-15(18)21-5-2/h13H,4-12H2,1-3H3. The van der Waals surface area contributed by atoms with Gasteiger partial charge in [0.25, 0.3) is 0 Å². The molecule has 22 heavy (non-hydrogen) atoms. The molecule has 0 aromatic rings. The van der Waals surface area contributed by atoms with Gasteiger partial charge in [0.05, 0.1) is 25.7 Å². The zero-order valence-electron chi connectivity index (χ0n) is 13.9. The fraction of sp³-hybridized carbons (Fsp3) is 0.812. The minimum atomic E-state index is -0.288. The Kier molecular flexibility index (Phi) is 12.2. The Morgan fingerprint density at radius 2 is 1.14 bits per heavy atom. The van der Waals surface area contributed by atoms with Crippen LogP contribution in [0.15, 0.2) is 0 Å². The molecular formula is C16H28O6. The number of hydrogen-bond acceptors (Lipinski definition) is 6. The van der Waals surface area contributed by atoms with Crippen molar-refractivity contribution in [3.05, 3.63) is 0 Å². The molecule has 0 amide bonds. The molecule has 0 N–H and O–H groups in total. The van der Waals surface area contributed by atoms with Crippen molar-refractivity contribution in [1.29, 1.82) is 0 Å². The molecule has 0 aromatic carbocycles. The van der Waals surface area contributed by atoms with Gasteiger partial charge in [-0.15, -0.1) is 0 Å². The molecule has 128 valence electrons. The van der Waals surface area contributed by atoms with Gasteiger partial charge in [-0.3, -0.25) is 14.4 Å². The summed E-state index contributed by atoms with van der Waals surface area (Å²) in [7, 11) is 0. The van der Waals surface area contributed by atoms with E-state index in [1.54, 1.807) is 20.8 Å². The number of esters is 3. The Balaban J connectivity index is 4.18. The third-order valence-electron chi connectivity index (χ3n) is 3.10. The predicted octanol–water partition coefficient (Wildman–Crippen LogP) is 2.63. The summed E-state index contributed by atoms with van der Waals surface area (Å²) in [6.07, 6.45) is 2.84. The number of carbonyl (C=O) groups excluding carboxylic acids is 3. The molecule has 0 spiro atoms. The third-order valence-corrected chi connectivity index (χ3v) is 3.10. The van der Waals surface area contributed by atoms with E-state index in [1.165, 1.54) is 0 Å². The Morgan fingerprint density at radius 3 is 1.50 bits per heavy atom. The monoisotopic (exact) mass is 316 g/mol. The SMILES string of the molecule is CCOC(=O)CCCC(CCCC(=O)OCC)C(=O)OCC. The molecule has 0 bridgehead atoms. The second-order valence-corrected chi connectivity index (χ2v) is 4.84. The maximum atomic E-state index is 11.9. The van der Waals surface area contributed by atoms with Gasteiger partial charge in [-0.05, 0) is 46.5 Å². The van der Waals surface area contributed by atoms with Crippen molar-refractivity contribution < 1.29 is 28.6 Å². The summed E-state index contributed by atoms with van der Waals surface area (Å²) in [5.74, 6) is -1.06. The summed E-state index contributed by atoms with van der Waals surface area (Å²) >= 11 is 0. The molecule has 0 fully saturated rings. The summed E-state index contributed by atoms with van der Waals surface area (Å²) in [4.78, 5) is 34.5. The minimum Gasteiger partial charge on any atom is -0.466 e. The molecule has 0 aliphatic rings. The van der Waals surface area contributed by atoms with Crippen LogP contribution in [0.1, 0.15) is 59.3 Å². The summed E-state index contributed by atoms with van der Waals surface area (Å²) in [5, 5.41) is 0. The van der Waals surface area contributed by atoms with Crippen molar-refractivity contribution in [3.8, 4) is 0 Å². The molecule has 0 aliphatic carbocycles. The largest absolute Gasteiger partial charge is 0.466 e. The number of hydrogen-bond donors (Lipinski definition) is 0. The second-order valence-electron chi connectivity index (χ2n) is 4.84. The van der Waals surface area contributed by atoms with Gasteiger partial charge in [0, 0.05) is 12.8 Å². The predicted molar refractivity (Wildman–Crippen MR) is 81.1 cm³/mol. The molecule has 0 rings (SSSR count). The van der Waals surface area contributed by atoms with Crippen LogP contribution in [0.3, 0.4) is 0 Å². The molecular weight excluding hydrogens is 288 g/mol. The van der Waals surface area contributed by atoms with E-state index >= 15 is 0 Å². The van der Waals surface area contributed by atoms with Crippen LogP contribution in [-0.4, -0.2) is 37.7 Å². The molecule has 0 aliphatic heterocycles. The summed E-state index contributed by atoms with van der Waals surface area (Å²) in [6.45, 7) is 6.32. The molecule has 6 heteroatoms. The Morgan fingerprint density at radius 1 is 0.727 bits per heavy atom. The smallest absolute Gasteiger partial charge is 0.308 e. The van der Waals surface area contributed by atoms with E-state index in [9.17, 15) is 14.4 Å². The maximum absolute atomic E-state index is 11.9. The van der Waals surface area contributed by atoms with Crippen LogP contribution >= 0.6 is 0 Å². The normalized spacial score (nSPS) is 10.4. The Bertz CT molecular complexity index is 316. The van der Waals surface area contributed by atoms with Crippen LogP contribution < -0.4 is 0 Å². The molecule has 0 saturated heterocycles. The van der Waals surface area contributed by atoms with Crippen LogP contribution in [-0.2, 0) is 28.6 Å². The van der Waals surface area contributed by atoms with E-state index in [1.807, 2.05) is 0 Å². The van der Waals surface area contributed by atoms with Crippen LogP contribution in [0.2, 0.25) is 0 Å². The van der Waals surface area contributed by atoms with Crippen LogP contribution in [0, 0.1) is 5.92 Å². The Hall–Kier alpha value is -1.59. The fourth-order valence-corrected chi connectivity index (χ4v) is 2.09. The zero-order chi connectivity index (χ0) is 16.8. The highest BCUT2D eigenvalue weighted by atomic mass is 16.5. The average molecular weight is 316 g/mol. The van der Waals surface area contributed by atoms with Crippen molar-refractivity contribution in [2.45, 2.75) is 59.3 Å². The topological polar surface area (TPSA) is 78.9 Å². The van der Waals surface area contributed by atoms with Gasteiger partial charge in [0.15, 0.2) is 0 Å². The van der Waals surface area contributed by atoms with E-state index < -0.39 is 0 Å². The molecule has 0 radical (unpaired) electrons. The van der Waals surface area contributed by atoms with Gasteiger partial charge in [-0.1, -0.05) is 0 Å². The lowest BCUT2D eigenvalue weighted by atomic mass is 9.96. The first-order valence-electron chi connectivity index (χ1n) is 8.02. The van der Waals surface area contributed by atoms with E-state index in [0.717, 1.165) is 0 Å². The number of carbonyl (C=O) groups is 3. The van der Waals surface area contributed by atoms with Crippen LogP contribution in [0.4, 0.5) is 0 Å². The molecule has 0 saturated carbocycles. The summed E-state index contributed by atoms with van der Waals surface area (Å²) in [5.41, 5.74) is 0. The Labute approximate surface area is 132 Å². The highest BCUT2D eigenvalue weighted by Gasteiger charge is 2.20. The number of rotatable bonds is 12. The van der Waals surface area contributed by atoms with E-state index in [4.69, 9.17) is 14.2 Å². The summed E-state index contributed by atoms with van der Waals surface area (Å²) in [6, 6.07) is 0. The van der Waals surface area contributed by atoms with Crippen LogP contribution in [0.5, 0.6) is 0 Å². The van der Waals surface area contributed by atoms with Crippen molar-refractivity contribution >= 4 is 17.9 Å². The van der Waals surface area contributed by atoms with Crippen molar-refractivity contribution in [2.24, 2.45) is 5.92 Å². The van der Waals surface area contributed by atoms with Gasteiger partial charge >= 0.3 is 17.9 Å². The third kappa shape index (κ3) is 10.2. The summed E-state index contributed by atoms with van der Waals surface area (Å²) < 4.78 is 14.8. The van der Waals surface area contributed by atoms with Gasteiger partial charge in [0.1, 0.15) is 0 Å². The second kappa shape index (κ2) is 13.1. The first kappa shape index (κ1) is 20.4. The lowest BCUT2D eigenvalue weighted by Gasteiger charge is -2.15. The van der Waals surface area contributed by atoms with Gasteiger partial charge in [0.2, 0.25) is 0 Å². The van der Waals surface area contributed by atoms with Crippen molar-refractivity contribution in [3.63, 3.8) is 0 Å². The highest BCUT2D eigenvalue weighted by Crippen LogP contribution is 2.18. The fourth-order valence-electron chi connectivity index (χ4n) is 2.09. The molecule has 0 aromatic heterocycles. The molecule has 0 unspecified atom stereocenters. The molecule has 0 heterocycles. The van der Waals surface area contributed by atoms with E-state index in [0.29, 0.717) is 58.3 Å². The molecule has 0 atom stereocenters. The van der Waals surface area contributed by atoms with Gasteiger partial charge < -0.3 is 14.2 Å². The van der Waals surface area contributed by atoms with Crippen molar-refractivity contribution in [1.82, 2.24) is 0 Å². The lowest BCUT2D eigenvalue weighted by molar-refractivity contribution is -0.150. The maximum Gasteiger partial charge on any atom is 0.308 e. The minimum absolute atomic E-state index is 0.253. The van der Waals surface area contributed by atoms with Gasteiger partial charge in [-0.25, -0.2) is 0 Å². The van der Waals surface area contributed by atoms with Crippen molar-refractivity contribution in [2.75, 3.05) is 19.8 Å². The zero-order valence-corrected chi connectivity index (χ0v) is 13.9. The molecule has 6 nitrogen and oxygen atoms in total. The van der Waals surface area contributed by atoms with E-state index in [-0.39, 0.29) is 23.8 Å². The lowest BCUT2D eigenvalue weighted by Crippen LogP contribution is -2.19. The van der Waals surface area contributed by atoms with Crippen LogP contribution in [0.25, 0.3) is 0 Å². The first-order valence-corrected chi connectivity index (χ1v) is 8.02. The highest BCUT2D eigenvalue weighted by molar-refractivity contribution is 5.73. The van der Waals surface area contributed by atoms with E-state index in [2.05, 4.69) is 0 Å². The van der Waals surface area contributed by atoms with Gasteiger partial charge in [-0.2, -0.15) is 0 Å². The quantitative estimate of drug-likeness (QED) is 0.407. The first-order chi connectivity index (χ1) is 10.5.